The number of hydrogen-bond donors (Lipinski definition) is 0. The number of hydrogen-bond acceptors (Lipinski definition) is 2. The minimum absolute atomic E-state index is 0. The predicted molar refractivity (Wildman–Crippen MR) is 324 cm³/mol. The van der Waals surface area contributed by atoms with Crippen LogP contribution in [0.1, 0.15) is 260 Å². The van der Waals surface area contributed by atoms with Gasteiger partial charge in [-0.15, -0.1) is 0 Å². The molecular formula is C71H104O2. The molecule has 8 rings (SSSR count). The molecule has 0 aliphatic carbocycles. The first kappa shape index (κ1) is 64.4. The van der Waals surface area contributed by atoms with E-state index in [4.69, 9.17) is 9.47 Å². The Hall–Kier alpha value is -4.76. The van der Waals surface area contributed by atoms with Crippen molar-refractivity contribution in [2.75, 3.05) is 13.2 Å². The van der Waals surface area contributed by atoms with Gasteiger partial charge in [-0.25, -0.2) is 0 Å². The lowest BCUT2D eigenvalue weighted by Gasteiger charge is -2.27. The molecule has 2 aliphatic heterocycles. The molecule has 2 unspecified atom stereocenters. The summed E-state index contributed by atoms with van der Waals surface area (Å²) < 4.78 is 9.96. The van der Waals surface area contributed by atoms with Crippen molar-refractivity contribution < 1.29 is 9.47 Å². The van der Waals surface area contributed by atoms with Crippen LogP contribution in [-0.2, 0) is 21.3 Å². The fourth-order valence-corrected chi connectivity index (χ4v) is 8.26. The van der Waals surface area contributed by atoms with Gasteiger partial charge in [0.25, 0.3) is 0 Å². The van der Waals surface area contributed by atoms with Gasteiger partial charge >= 0.3 is 0 Å². The zero-order chi connectivity index (χ0) is 52.4. The lowest BCUT2D eigenvalue weighted by Crippen LogP contribution is -2.19. The molecule has 73 heavy (non-hydrogen) atoms. The molecule has 0 N–H and O–H groups in total. The highest BCUT2D eigenvalue weighted by atomic mass is 16.6. The van der Waals surface area contributed by atoms with Gasteiger partial charge in [0.15, 0.2) is 0 Å². The summed E-state index contributed by atoms with van der Waals surface area (Å²) in [6, 6.07) is 54.1. The second kappa shape index (κ2) is 31.2. The highest BCUT2D eigenvalue weighted by molar-refractivity contribution is 5.41. The zero-order valence-electron chi connectivity index (χ0n) is 47.8. The van der Waals surface area contributed by atoms with E-state index in [1.165, 1.54) is 66.8 Å². The van der Waals surface area contributed by atoms with E-state index in [0.29, 0.717) is 59.6 Å². The second-order valence-electron chi connectivity index (χ2n) is 23.2. The van der Waals surface area contributed by atoms with Crippen LogP contribution >= 0.6 is 0 Å². The van der Waals surface area contributed by atoms with Gasteiger partial charge in [0.1, 0.15) is 0 Å². The number of ether oxygens (including phenoxy) is 2. The van der Waals surface area contributed by atoms with Gasteiger partial charge in [0, 0.05) is 11.8 Å². The lowest BCUT2D eigenvalue weighted by molar-refractivity contribution is 0.344. The highest BCUT2D eigenvalue weighted by Crippen LogP contribution is 2.33. The SMILES string of the molecule is C.C.C1OC1CC1CO1.CC(C)c1ccc(C(C)(C)c2ccc(C(C)C)cc2)cc1.CC(C)c1ccc(C(C)C)cc1.CC(C)c1ccc(Cc2ccc(C(C)C)cc2)cc1.CC(C)c1cccc(C(C)C)c1. The average molecular weight is 990 g/mol. The Balaban J connectivity index is 0.000000323. The number of rotatable bonds is 14. The van der Waals surface area contributed by atoms with Crippen LogP contribution in [0.3, 0.4) is 0 Å². The molecule has 400 valence electrons. The van der Waals surface area contributed by atoms with Gasteiger partial charge in [-0.3, -0.25) is 0 Å². The van der Waals surface area contributed by atoms with E-state index in [0.717, 1.165) is 26.1 Å². The van der Waals surface area contributed by atoms with Gasteiger partial charge in [-0.1, -0.05) is 285 Å². The fourth-order valence-electron chi connectivity index (χ4n) is 8.26. The molecule has 2 nitrogen and oxygen atoms in total. The van der Waals surface area contributed by atoms with E-state index < -0.39 is 0 Å². The highest BCUT2D eigenvalue weighted by Gasteiger charge is 2.33. The molecule has 0 spiro atoms. The van der Waals surface area contributed by atoms with Crippen LogP contribution in [-0.4, -0.2) is 25.4 Å². The van der Waals surface area contributed by atoms with Crippen molar-refractivity contribution in [1.29, 1.82) is 0 Å². The molecule has 2 heterocycles. The fraction of sp³-hybridized carbons (Fsp3) is 0.493. The maximum absolute atomic E-state index is 4.98. The Morgan fingerprint density at radius 2 is 0.562 bits per heavy atom. The van der Waals surface area contributed by atoms with Crippen LogP contribution in [0.15, 0.2) is 146 Å². The standard InChI is InChI=1S/C21H28.C19H24.2C12H18.C5H8O2.2CH4/c1-15(2)17-7-11-19(12-8-17)21(5,6)20-13-9-18(10-14-20)16(3)4;1-14(2)18-9-5-16(6-10-18)13-17-7-11-19(12-8-17)15(3)4;1-9(2)11-5-7-12(8-6-11)10(3)4;1-9(2)11-6-5-7-12(8-11)10(3)4;1(4-2-6-4)5-3-7-5;;/h7-16H,1-6H3;5-12,14-15H,13H2,1-4H3;2*5-10H,1-4H3;4-5H,1-3H2;2*1H4. The normalized spacial score (nSPS) is 14.5. The van der Waals surface area contributed by atoms with E-state index in [9.17, 15) is 0 Å². The molecule has 2 aliphatic rings. The first-order chi connectivity index (χ1) is 33.5. The Morgan fingerprint density at radius 3 is 0.781 bits per heavy atom. The van der Waals surface area contributed by atoms with E-state index in [-0.39, 0.29) is 20.3 Å². The van der Waals surface area contributed by atoms with E-state index >= 15 is 0 Å². The zero-order valence-corrected chi connectivity index (χ0v) is 47.8. The largest absolute Gasteiger partial charge is 0.373 e. The van der Waals surface area contributed by atoms with Crippen LogP contribution in [0.5, 0.6) is 0 Å². The predicted octanol–water partition coefficient (Wildman–Crippen LogP) is 21.1. The van der Waals surface area contributed by atoms with Crippen LogP contribution < -0.4 is 0 Å². The van der Waals surface area contributed by atoms with Crippen LogP contribution in [0, 0.1) is 0 Å². The summed E-state index contributed by atoms with van der Waals surface area (Å²) in [5, 5.41) is 0. The molecule has 0 saturated carbocycles. The van der Waals surface area contributed by atoms with Crippen LogP contribution in [0.4, 0.5) is 0 Å². The Kier molecular flexibility index (Phi) is 27.5. The van der Waals surface area contributed by atoms with Gasteiger partial charge in [0.05, 0.1) is 25.4 Å². The quantitative estimate of drug-likeness (QED) is 0.102. The molecule has 6 aromatic carbocycles. The van der Waals surface area contributed by atoms with Crippen molar-refractivity contribution >= 4 is 0 Å². The van der Waals surface area contributed by atoms with E-state index in [2.05, 4.69) is 270 Å². The molecule has 0 radical (unpaired) electrons. The molecule has 0 aromatic heterocycles. The molecule has 6 aromatic rings. The second-order valence-corrected chi connectivity index (χ2v) is 23.2. The molecule has 0 bridgehead atoms. The Morgan fingerprint density at radius 1 is 0.342 bits per heavy atom. The Bertz CT molecular complexity index is 2200. The van der Waals surface area contributed by atoms with Gasteiger partial charge in [0.2, 0.25) is 0 Å². The van der Waals surface area contributed by atoms with Gasteiger partial charge < -0.3 is 9.47 Å². The number of epoxide rings is 2. The van der Waals surface area contributed by atoms with Crippen molar-refractivity contribution in [2.24, 2.45) is 0 Å². The summed E-state index contributed by atoms with van der Waals surface area (Å²) in [5.74, 6) is 4.98. The summed E-state index contributed by atoms with van der Waals surface area (Å²) in [5.41, 5.74) is 17.0. The maximum atomic E-state index is 4.98. The minimum Gasteiger partial charge on any atom is -0.373 e. The summed E-state index contributed by atoms with van der Waals surface area (Å²) >= 11 is 0. The lowest BCUT2D eigenvalue weighted by atomic mass is 9.77. The summed E-state index contributed by atoms with van der Waals surface area (Å²) in [4.78, 5) is 0. The molecule has 2 fully saturated rings. The Labute approximate surface area is 450 Å². The van der Waals surface area contributed by atoms with Crippen LogP contribution in [0.2, 0.25) is 0 Å². The van der Waals surface area contributed by atoms with E-state index in [1.807, 2.05) is 0 Å². The number of benzene rings is 6. The van der Waals surface area contributed by atoms with E-state index in [1.54, 1.807) is 0 Å². The molecule has 0 amide bonds. The van der Waals surface area contributed by atoms with Crippen molar-refractivity contribution in [1.82, 2.24) is 0 Å². The van der Waals surface area contributed by atoms with Crippen molar-refractivity contribution in [2.45, 2.75) is 217 Å². The average Bonchev–Trinajstić information content (AvgIpc) is 4.32. The third kappa shape index (κ3) is 22.3. The molecule has 2 saturated heterocycles. The minimum atomic E-state index is 0. The summed E-state index contributed by atoms with van der Waals surface area (Å²) in [7, 11) is 0. The molecule has 2 heteroatoms. The smallest absolute Gasteiger partial charge is 0.0835 e. The topological polar surface area (TPSA) is 25.1 Å². The molecular weight excluding hydrogens is 885 g/mol. The third-order valence-corrected chi connectivity index (χ3v) is 14.1. The summed E-state index contributed by atoms with van der Waals surface area (Å²) in [6.45, 7) is 42.3. The van der Waals surface area contributed by atoms with Gasteiger partial charge in [-0.2, -0.15) is 0 Å². The van der Waals surface area contributed by atoms with Crippen molar-refractivity contribution in [3.63, 3.8) is 0 Å². The van der Waals surface area contributed by atoms with Crippen molar-refractivity contribution in [3.8, 4) is 0 Å². The molecule has 2 atom stereocenters. The monoisotopic (exact) mass is 989 g/mol. The van der Waals surface area contributed by atoms with Crippen LogP contribution in [0.25, 0.3) is 0 Å². The van der Waals surface area contributed by atoms with Crippen molar-refractivity contribution in [3.05, 3.63) is 212 Å². The first-order valence-electron chi connectivity index (χ1n) is 27.4. The van der Waals surface area contributed by atoms with Gasteiger partial charge in [-0.05, 0) is 121 Å². The third-order valence-electron chi connectivity index (χ3n) is 14.1. The summed E-state index contributed by atoms with van der Waals surface area (Å²) in [6.07, 6.45) is 3.29. The maximum Gasteiger partial charge on any atom is 0.0835 e. The first-order valence-corrected chi connectivity index (χ1v) is 27.4.